The molecule has 3 aromatic carbocycles. The molecule has 148 valence electrons. The Hall–Kier alpha value is -1.82. The minimum absolute atomic E-state index is 0.324. The van der Waals surface area contributed by atoms with Crippen molar-refractivity contribution in [1.29, 1.82) is 0 Å². The predicted octanol–water partition coefficient (Wildman–Crippen LogP) is 8.30. The highest BCUT2D eigenvalue weighted by molar-refractivity contribution is 6.08. The lowest BCUT2D eigenvalue weighted by Crippen LogP contribution is -2.28. The molecule has 4 rings (SSSR count). The molecule has 2 unspecified atom stereocenters. The molecule has 0 amide bonds. The summed E-state index contributed by atoms with van der Waals surface area (Å²) < 4.78 is 0. The van der Waals surface area contributed by atoms with E-state index in [1.807, 2.05) is 0 Å². The van der Waals surface area contributed by atoms with Crippen LogP contribution in [0.15, 0.2) is 48.5 Å². The molecule has 3 atom stereocenters. The second-order valence-electron chi connectivity index (χ2n) is 9.78. The highest BCUT2D eigenvalue weighted by Gasteiger charge is 2.39. The molecule has 0 aromatic heterocycles. The summed E-state index contributed by atoms with van der Waals surface area (Å²) in [6.07, 6.45) is 6.57. The maximum absolute atomic E-state index is 2.53. The topological polar surface area (TPSA) is 0 Å². The Morgan fingerprint density at radius 3 is 2.36 bits per heavy atom. The van der Waals surface area contributed by atoms with Crippen LogP contribution in [0.4, 0.5) is 0 Å². The molecule has 0 N–H and O–H groups in total. The van der Waals surface area contributed by atoms with Gasteiger partial charge in [-0.05, 0) is 81.5 Å². The third-order valence-corrected chi connectivity index (χ3v) is 8.07. The van der Waals surface area contributed by atoms with Gasteiger partial charge in [-0.3, -0.25) is 0 Å². The fourth-order valence-corrected chi connectivity index (χ4v) is 5.78. The van der Waals surface area contributed by atoms with E-state index in [9.17, 15) is 0 Å². The van der Waals surface area contributed by atoms with Gasteiger partial charge in [-0.2, -0.15) is 0 Å². The molecule has 0 heteroatoms. The Labute approximate surface area is 171 Å². The van der Waals surface area contributed by atoms with Gasteiger partial charge in [0.15, 0.2) is 0 Å². The van der Waals surface area contributed by atoms with Gasteiger partial charge in [-0.25, -0.2) is 0 Å². The van der Waals surface area contributed by atoms with Crippen molar-refractivity contribution in [3.8, 4) is 0 Å². The molecule has 0 saturated heterocycles. The highest BCUT2D eigenvalue weighted by Crippen LogP contribution is 2.48. The van der Waals surface area contributed by atoms with Gasteiger partial charge in [0.05, 0.1) is 0 Å². The normalized spacial score (nSPS) is 21.4. The fourth-order valence-electron chi connectivity index (χ4n) is 5.78. The Morgan fingerprint density at radius 1 is 0.857 bits per heavy atom. The van der Waals surface area contributed by atoms with Gasteiger partial charge < -0.3 is 0 Å². The van der Waals surface area contributed by atoms with Crippen LogP contribution in [0.5, 0.6) is 0 Å². The van der Waals surface area contributed by atoms with E-state index in [1.165, 1.54) is 53.6 Å². The van der Waals surface area contributed by atoms with E-state index in [1.54, 1.807) is 11.1 Å². The molecule has 0 fully saturated rings. The Kier molecular flexibility index (Phi) is 5.25. The lowest BCUT2D eigenvalue weighted by molar-refractivity contribution is 0.249. The van der Waals surface area contributed by atoms with Crippen LogP contribution in [0.25, 0.3) is 21.5 Å². The molecule has 0 radical (unpaired) electrons. The van der Waals surface area contributed by atoms with Crippen molar-refractivity contribution in [3.05, 3.63) is 59.7 Å². The summed E-state index contributed by atoms with van der Waals surface area (Å²) in [5, 5.41) is 5.66. The largest absolute Gasteiger partial charge is 0.0651 e. The number of hydrogen-bond acceptors (Lipinski definition) is 0. The molecule has 1 aliphatic rings. The number of fused-ring (bicyclic) bond motifs is 5. The standard InChI is InChI=1S/C28H36/c1-6-21(19(2)3)12-11-20(4)28(5)18-17-26-25-14-13-22-9-7-8-10-23(22)24(25)15-16-27(26)28/h7-10,13-16,19-21H,6,11-12,17-18H2,1-5H3/t20-,21?,28?/m1/s1. The molecule has 1 aliphatic carbocycles. The van der Waals surface area contributed by atoms with Crippen LogP contribution < -0.4 is 0 Å². The first-order valence-electron chi connectivity index (χ1n) is 11.4. The predicted molar refractivity (Wildman–Crippen MR) is 124 cm³/mol. The molecule has 3 aromatic rings. The maximum atomic E-state index is 2.53. The molecule has 0 saturated carbocycles. The zero-order valence-electron chi connectivity index (χ0n) is 18.4. The summed E-state index contributed by atoms with van der Waals surface area (Å²) >= 11 is 0. The third kappa shape index (κ3) is 3.15. The molecule has 0 spiro atoms. The quantitative estimate of drug-likeness (QED) is 0.382. The van der Waals surface area contributed by atoms with Crippen LogP contribution in [-0.2, 0) is 11.8 Å². The van der Waals surface area contributed by atoms with Crippen molar-refractivity contribution in [2.75, 3.05) is 0 Å². The second-order valence-corrected chi connectivity index (χ2v) is 9.78. The van der Waals surface area contributed by atoms with E-state index < -0.39 is 0 Å². The van der Waals surface area contributed by atoms with Crippen LogP contribution in [0.1, 0.15) is 71.4 Å². The van der Waals surface area contributed by atoms with Crippen LogP contribution in [0.3, 0.4) is 0 Å². The first-order valence-corrected chi connectivity index (χ1v) is 11.4. The molecular weight excluding hydrogens is 336 g/mol. The lowest BCUT2D eigenvalue weighted by Gasteiger charge is -2.34. The second kappa shape index (κ2) is 7.54. The third-order valence-electron chi connectivity index (χ3n) is 8.07. The fraction of sp³-hybridized carbons (Fsp3) is 0.500. The van der Waals surface area contributed by atoms with Crippen LogP contribution in [0.2, 0.25) is 0 Å². The van der Waals surface area contributed by atoms with Crippen molar-refractivity contribution in [1.82, 2.24) is 0 Å². The lowest BCUT2D eigenvalue weighted by atomic mass is 9.70. The van der Waals surface area contributed by atoms with Gasteiger partial charge >= 0.3 is 0 Å². The summed E-state index contributed by atoms with van der Waals surface area (Å²) in [5.41, 5.74) is 3.57. The number of aryl methyl sites for hydroxylation is 1. The van der Waals surface area contributed by atoms with Gasteiger partial charge in [0.25, 0.3) is 0 Å². The summed E-state index contributed by atoms with van der Waals surface area (Å²) in [6.45, 7) is 12.2. The average Bonchev–Trinajstić information content (AvgIpc) is 3.06. The van der Waals surface area contributed by atoms with Gasteiger partial charge in [0.1, 0.15) is 0 Å². The van der Waals surface area contributed by atoms with Crippen LogP contribution in [0, 0.1) is 17.8 Å². The van der Waals surface area contributed by atoms with E-state index in [0.717, 1.165) is 17.8 Å². The zero-order chi connectivity index (χ0) is 19.9. The number of benzene rings is 3. The van der Waals surface area contributed by atoms with Crippen molar-refractivity contribution in [3.63, 3.8) is 0 Å². The summed E-state index contributed by atoms with van der Waals surface area (Å²) in [7, 11) is 0. The van der Waals surface area contributed by atoms with Crippen molar-refractivity contribution < 1.29 is 0 Å². The van der Waals surface area contributed by atoms with Gasteiger partial charge in [-0.15, -0.1) is 0 Å². The minimum Gasteiger partial charge on any atom is -0.0651 e. The SMILES string of the molecule is CCC(CC[C@@H](C)C1(C)CCc2c1ccc1c2ccc2ccccc21)C(C)C. The monoisotopic (exact) mass is 372 g/mol. The Morgan fingerprint density at radius 2 is 1.61 bits per heavy atom. The number of hydrogen-bond donors (Lipinski definition) is 0. The van der Waals surface area contributed by atoms with Crippen molar-refractivity contribution in [2.24, 2.45) is 17.8 Å². The maximum Gasteiger partial charge on any atom is -0.00435 e. The molecule has 0 nitrogen and oxygen atoms in total. The Bertz CT molecular complexity index is 980. The van der Waals surface area contributed by atoms with Gasteiger partial charge in [0.2, 0.25) is 0 Å². The van der Waals surface area contributed by atoms with E-state index in [0.29, 0.717) is 5.41 Å². The van der Waals surface area contributed by atoms with E-state index >= 15 is 0 Å². The summed E-state index contributed by atoms with van der Waals surface area (Å²) in [6, 6.07) is 18.4. The van der Waals surface area contributed by atoms with Crippen molar-refractivity contribution in [2.45, 2.75) is 72.1 Å². The molecule has 0 bridgehead atoms. The number of rotatable bonds is 6. The summed E-state index contributed by atoms with van der Waals surface area (Å²) in [5.74, 6) is 2.41. The van der Waals surface area contributed by atoms with Crippen LogP contribution in [-0.4, -0.2) is 0 Å². The van der Waals surface area contributed by atoms with Gasteiger partial charge in [-0.1, -0.05) is 89.6 Å². The minimum atomic E-state index is 0.324. The van der Waals surface area contributed by atoms with E-state index in [2.05, 4.69) is 83.1 Å². The Balaban J connectivity index is 1.68. The molecule has 28 heavy (non-hydrogen) atoms. The smallest absolute Gasteiger partial charge is 0.00435 e. The zero-order valence-corrected chi connectivity index (χ0v) is 18.4. The molecule has 0 heterocycles. The first kappa shape index (κ1) is 19.5. The van der Waals surface area contributed by atoms with Crippen molar-refractivity contribution >= 4 is 21.5 Å². The van der Waals surface area contributed by atoms with E-state index in [4.69, 9.17) is 0 Å². The van der Waals surface area contributed by atoms with E-state index in [-0.39, 0.29) is 0 Å². The molecular formula is C28H36. The first-order chi connectivity index (χ1) is 13.5. The molecule has 0 aliphatic heterocycles. The highest BCUT2D eigenvalue weighted by atomic mass is 14.4. The summed E-state index contributed by atoms with van der Waals surface area (Å²) in [4.78, 5) is 0. The van der Waals surface area contributed by atoms with Crippen LogP contribution >= 0.6 is 0 Å². The average molecular weight is 373 g/mol. The van der Waals surface area contributed by atoms with Gasteiger partial charge in [0, 0.05) is 0 Å².